The second-order valence-electron chi connectivity index (χ2n) is 2.01. The fourth-order valence-corrected chi connectivity index (χ4v) is 0.913. The molecule has 1 aromatic rings. The van der Waals surface area contributed by atoms with Crippen molar-refractivity contribution in [2.75, 3.05) is 0 Å². The summed E-state index contributed by atoms with van der Waals surface area (Å²) in [6, 6.07) is 0. The van der Waals surface area contributed by atoms with Gasteiger partial charge in [0.2, 0.25) is 0 Å². The van der Waals surface area contributed by atoms with E-state index in [1.54, 1.807) is 0 Å². The molecule has 0 saturated heterocycles. The second-order valence-corrected chi connectivity index (χ2v) is 2.38. The number of pyridine rings is 1. The number of aromatic nitrogens is 1. The van der Waals surface area contributed by atoms with Gasteiger partial charge >= 0.3 is 11.4 Å². The number of hydrogen-bond acceptors (Lipinski definition) is 5. The molecule has 1 rings (SSSR count). The fourth-order valence-electron chi connectivity index (χ4n) is 0.678. The Morgan fingerprint density at radius 3 is 1.85 bits per heavy atom. The highest BCUT2D eigenvalue weighted by Gasteiger charge is 2.23. The predicted octanol–water partition coefficient (Wildman–Crippen LogP) is 1.55. The monoisotopic (exact) mass is 203 g/mol. The molecule has 0 radical (unpaired) electrons. The first-order valence-corrected chi connectivity index (χ1v) is 3.34. The van der Waals surface area contributed by atoms with Crippen LogP contribution >= 0.6 is 11.6 Å². The van der Waals surface area contributed by atoms with Crippen LogP contribution in [0.25, 0.3) is 0 Å². The molecule has 68 valence electrons. The highest BCUT2D eigenvalue weighted by Crippen LogP contribution is 2.31. The van der Waals surface area contributed by atoms with Gasteiger partial charge in [0, 0.05) is 0 Å². The van der Waals surface area contributed by atoms with Crippen LogP contribution in [0.5, 0.6) is 0 Å². The molecule has 8 heteroatoms. The smallest absolute Gasteiger partial charge is 0.258 e. The van der Waals surface area contributed by atoms with Gasteiger partial charge in [-0.2, -0.15) is 0 Å². The molecule has 0 aliphatic rings. The Labute approximate surface area is 76.3 Å². The van der Waals surface area contributed by atoms with Crippen molar-refractivity contribution in [2.24, 2.45) is 0 Å². The van der Waals surface area contributed by atoms with Crippen molar-refractivity contribution in [2.45, 2.75) is 0 Å². The molecule has 0 bridgehead atoms. The Bertz CT molecular complexity index is 348. The summed E-state index contributed by atoms with van der Waals surface area (Å²) in [5.41, 5.74) is -1.15. The molecule has 1 heterocycles. The van der Waals surface area contributed by atoms with Crippen LogP contribution in [0.1, 0.15) is 0 Å². The van der Waals surface area contributed by atoms with E-state index in [0.29, 0.717) is 0 Å². The molecule has 0 atom stereocenters. The lowest BCUT2D eigenvalue weighted by molar-refractivity contribution is -0.394. The average Bonchev–Trinajstić information content (AvgIpc) is 2.03. The lowest BCUT2D eigenvalue weighted by Gasteiger charge is -1.94. The maximum atomic E-state index is 10.3. The van der Waals surface area contributed by atoms with Crippen molar-refractivity contribution in [1.29, 1.82) is 0 Å². The summed E-state index contributed by atoms with van der Waals surface area (Å²) in [6.07, 6.45) is 1.71. The van der Waals surface area contributed by atoms with E-state index < -0.39 is 26.2 Å². The molecule has 7 nitrogen and oxygen atoms in total. The number of hydrogen-bond donors (Lipinski definition) is 0. The van der Waals surface area contributed by atoms with Gasteiger partial charge in [0.1, 0.15) is 12.4 Å². The quantitative estimate of drug-likeness (QED) is 0.536. The van der Waals surface area contributed by atoms with Crippen LogP contribution < -0.4 is 0 Å². The van der Waals surface area contributed by atoms with Gasteiger partial charge in [-0.15, -0.1) is 0 Å². The van der Waals surface area contributed by atoms with Crippen LogP contribution in [-0.4, -0.2) is 14.8 Å². The summed E-state index contributed by atoms with van der Waals surface area (Å²) in [4.78, 5) is 22.2. The molecular formula is C5H2ClN3O4. The molecular weight excluding hydrogens is 202 g/mol. The summed E-state index contributed by atoms with van der Waals surface area (Å²) >= 11 is 5.38. The van der Waals surface area contributed by atoms with Crippen LogP contribution in [-0.2, 0) is 0 Å². The van der Waals surface area contributed by atoms with Gasteiger partial charge in [0.15, 0.2) is 5.02 Å². The van der Waals surface area contributed by atoms with Crippen LogP contribution in [0.2, 0.25) is 5.02 Å². The lowest BCUT2D eigenvalue weighted by Crippen LogP contribution is -1.95. The molecule has 0 amide bonds. The third-order valence-corrected chi connectivity index (χ3v) is 1.62. The van der Waals surface area contributed by atoms with Gasteiger partial charge in [-0.25, -0.2) is 0 Å². The summed E-state index contributed by atoms with van der Waals surface area (Å²) in [5, 5.41) is 20.0. The van der Waals surface area contributed by atoms with E-state index in [1.165, 1.54) is 0 Å². The topological polar surface area (TPSA) is 99.2 Å². The van der Waals surface area contributed by atoms with Crippen molar-refractivity contribution in [3.63, 3.8) is 0 Å². The zero-order valence-electron chi connectivity index (χ0n) is 6.01. The standard InChI is InChI=1S/C5H2ClN3O4/c6-5-3(8(10)11)1-7-2-4(5)9(12)13/h1-2H. The van der Waals surface area contributed by atoms with Crippen molar-refractivity contribution in [3.05, 3.63) is 37.6 Å². The largest absolute Gasteiger partial charge is 0.313 e. The van der Waals surface area contributed by atoms with Crippen molar-refractivity contribution < 1.29 is 9.85 Å². The van der Waals surface area contributed by atoms with Crippen molar-refractivity contribution >= 4 is 23.0 Å². The SMILES string of the molecule is O=[N+]([O-])c1cncc([N+](=O)[O-])c1Cl. The number of rotatable bonds is 2. The summed E-state index contributed by atoms with van der Waals surface area (Å²) in [6.45, 7) is 0. The van der Waals surface area contributed by atoms with Gasteiger partial charge in [-0.3, -0.25) is 25.2 Å². The normalized spacial score (nSPS) is 9.62. The van der Waals surface area contributed by atoms with Crippen molar-refractivity contribution in [1.82, 2.24) is 4.98 Å². The van der Waals surface area contributed by atoms with E-state index in [1.807, 2.05) is 0 Å². The van der Waals surface area contributed by atoms with Gasteiger partial charge in [0.05, 0.1) is 9.85 Å². The van der Waals surface area contributed by atoms with Crippen molar-refractivity contribution in [3.8, 4) is 0 Å². The summed E-state index contributed by atoms with van der Waals surface area (Å²) < 4.78 is 0. The van der Waals surface area contributed by atoms with E-state index in [0.717, 1.165) is 12.4 Å². The molecule has 0 fully saturated rings. The maximum absolute atomic E-state index is 10.3. The number of nitrogens with zero attached hydrogens (tertiary/aromatic N) is 3. The molecule has 0 aliphatic heterocycles. The highest BCUT2D eigenvalue weighted by atomic mass is 35.5. The van der Waals surface area contributed by atoms with Gasteiger partial charge in [-0.05, 0) is 0 Å². The first-order valence-electron chi connectivity index (χ1n) is 2.96. The third-order valence-electron chi connectivity index (χ3n) is 1.24. The zero-order valence-corrected chi connectivity index (χ0v) is 6.76. The molecule has 0 N–H and O–H groups in total. The van der Waals surface area contributed by atoms with E-state index >= 15 is 0 Å². The highest BCUT2D eigenvalue weighted by molar-refractivity contribution is 6.34. The van der Waals surface area contributed by atoms with Gasteiger partial charge < -0.3 is 0 Å². The fraction of sp³-hybridized carbons (Fsp3) is 0. The first-order chi connectivity index (χ1) is 6.04. The summed E-state index contributed by atoms with van der Waals surface area (Å²) in [7, 11) is 0. The molecule has 0 saturated carbocycles. The molecule has 0 unspecified atom stereocenters. The average molecular weight is 204 g/mol. The molecule has 0 aromatic carbocycles. The van der Waals surface area contributed by atoms with Gasteiger partial charge in [-0.1, -0.05) is 11.6 Å². The molecule has 13 heavy (non-hydrogen) atoms. The van der Waals surface area contributed by atoms with E-state index in [9.17, 15) is 20.2 Å². The minimum Gasteiger partial charge on any atom is -0.258 e. The first kappa shape index (κ1) is 9.33. The Hall–Kier alpha value is -1.76. The Kier molecular flexibility index (Phi) is 2.38. The number of halogens is 1. The van der Waals surface area contributed by atoms with E-state index in [2.05, 4.69) is 4.98 Å². The Morgan fingerprint density at radius 2 is 1.54 bits per heavy atom. The second kappa shape index (κ2) is 3.31. The van der Waals surface area contributed by atoms with Crippen LogP contribution in [0.3, 0.4) is 0 Å². The van der Waals surface area contributed by atoms with E-state index in [-0.39, 0.29) is 0 Å². The molecule has 0 aliphatic carbocycles. The zero-order chi connectivity index (χ0) is 10.0. The molecule has 0 spiro atoms. The molecule has 1 aromatic heterocycles. The lowest BCUT2D eigenvalue weighted by atomic mass is 10.4. The Balaban J connectivity index is 3.35. The summed E-state index contributed by atoms with van der Waals surface area (Å²) in [5.74, 6) is 0. The van der Waals surface area contributed by atoms with Crippen LogP contribution in [0, 0.1) is 20.2 Å². The number of nitro groups is 2. The van der Waals surface area contributed by atoms with Gasteiger partial charge in [0.25, 0.3) is 0 Å². The third kappa shape index (κ3) is 1.70. The van der Waals surface area contributed by atoms with Crippen LogP contribution in [0.4, 0.5) is 11.4 Å². The van der Waals surface area contributed by atoms with E-state index in [4.69, 9.17) is 11.6 Å². The van der Waals surface area contributed by atoms with Crippen LogP contribution in [0.15, 0.2) is 12.4 Å². The Morgan fingerprint density at radius 1 is 1.15 bits per heavy atom. The minimum absolute atomic E-state index is 0.509. The maximum Gasteiger partial charge on any atom is 0.313 e. The predicted molar refractivity (Wildman–Crippen MR) is 42.6 cm³/mol. The minimum atomic E-state index is -0.831.